The molecule has 1 aromatic carbocycles. The zero-order chi connectivity index (χ0) is 23.3. The van der Waals surface area contributed by atoms with E-state index in [0.717, 1.165) is 25.0 Å². The van der Waals surface area contributed by atoms with E-state index in [1.165, 1.54) is 18.3 Å². The third-order valence-electron chi connectivity index (χ3n) is 5.24. The van der Waals surface area contributed by atoms with Gasteiger partial charge in [0.2, 0.25) is 0 Å². The molecule has 1 heterocycles. The van der Waals surface area contributed by atoms with Crippen LogP contribution in [-0.2, 0) is 33.5 Å². The van der Waals surface area contributed by atoms with Gasteiger partial charge >= 0.3 is 12.1 Å². The Bertz CT molecular complexity index is 1040. The van der Waals surface area contributed by atoms with Crippen LogP contribution in [-0.4, -0.2) is 29.9 Å². The van der Waals surface area contributed by atoms with E-state index in [1.54, 1.807) is 6.92 Å². The Labute approximate surface area is 183 Å². The molecule has 1 saturated carbocycles. The maximum Gasteiger partial charge on any atom is 0.416 e. The summed E-state index contributed by atoms with van der Waals surface area (Å²) < 4.78 is 44.7. The zero-order valence-corrected chi connectivity index (χ0v) is 17.7. The molecule has 1 aromatic heterocycles. The Morgan fingerprint density at radius 3 is 2.59 bits per heavy atom. The van der Waals surface area contributed by atoms with E-state index in [0.29, 0.717) is 24.1 Å². The summed E-state index contributed by atoms with van der Waals surface area (Å²) in [5.74, 6) is -0.188. The topological polar surface area (TPSA) is 88.3 Å². The number of nitrogens with one attached hydrogen (secondary N) is 2. The maximum absolute atomic E-state index is 13.3. The molecule has 172 valence electrons. The number of rotatable bonds is 10. The molecular formula is C23H25F3N2O4. The number of benzene rings is 1. The minimum absolute atomic E-state index is 0.0543. The Hall–Kier alpha value is -2.94. The number of carbonyl (C=O) groups excluding carboxylic acids is 2. The highest BCUT2D eigenvalue weighted by Crippen LogP contribution is 2.33. The highest BCUT2D eigenvalue weighted by atomic mass is 19.4. The van der Waals surface area contributed by atoms with Crippen LogP contribution in [0.4, 0.5) is 13.2 Å². The maximum atomic E-state index is 13.3. The van der Waals surface area contributed by atoms with E-state index in [9.17, 15) is 27.6 Å². The van der Waals surface area contributed by atoms with E-state index < -0.39 is 23.3 Å². The van der Waals surface area contributed by atoms with Crippen LogP contribution >= 0.6 is 0 Å². The molecule has 6 nitrogen and oxygen atoms in total. The van der Waals surface area contributed by atoms with Gasteiger partial charge in [-0.2, -0.15) is 13.2 Å². The Balaban J connectivity index is 1.86. The summed E-state index contributed by atoms with van der Waals surface area (Å²) in [5.41, 5.74) is -0.0736. The normalized spacial score (nSPS) is 13.8. The van der Waals surface area contributed by atoms with E-state index in [-0.39, 0.29) is 42.4 Å². The molecule has 1 aliphatic carbocycles. The molecule has 0 saturated heterocycles. The molecule has 0 aliphatic heterocycles. The minimum Gasteiger partial charge on any atom is -0.466 e. The predicted molar refractivity (Wildman–Crippen MR) is 112 cm³/mol. The lowest BCUT2D eigenvalue weighted by Gasteiger charge is -2.15. The van der Waals surface area contributed by atoms with Crippen LogP contribution in [0.3, 0.4) is 0 Å². The molecule has 0 atom stereocenters. The average molecular weight is 450 g/mol. The van der Waals surface area contributed by atoms with Crippen LogP contribution in [0.15, 0.2) is 35.3 Å². The molecule has 1 fully saturated rings. The van der Waals surface area contributed by atoms with Crippen molar-refractivity contribution in [1.82, 2.24) is 10.3 Å². The number of ketones is 1. The third kappa shape index (κ3) is 6.29. The lowest BCUT2D eigenvalue weighted by Crippen LogP contribution is -2.20. The van der Waals surface area contributed by atoms with Crippen LogP contribution < -0.4 is 10.9 Å². The fraction of sp³-hybridized carbons (Fsp3) is 0.435. The van der Waals surface area contributed by atoms with Crippen molar-refractivity contribution in [3.63, 3.8) is 0 Å². The van der Waals surface area contributed by atoms with Crippen molar-refractivity contribution < 1.29 is 27.5 Å². The third-order valence-corrected chi connectivity index (χ3v) is 5.24. The van der Waals surface area contributed by atoms with Gasteiger partial charge in [0.25, 0.3) is 5.56 Å². The van der Waals surface area contributed by atoms with Gasteiger partial charge in [0.15, 0.2) is 0 Å². The van der Waals surface area contributed by atoms with Crippen molar-refractivity contribution in [1.29, 1.82) is 0 Å². The van der Waals surface area contributed by atoms with Crippen LogP contribution in [0.25, 0.3) is 11.1 Å². The van der Waals surface area contributed by atoms with E-state index >= 15 is 0 Å². The zero-order valence-electron chi connectivity index (χ0n) is 17.7. The molecule has 2 N–H and O–H groups in total. The van der Waals surface area contributed by atoms with Gasteiger partial charge in [0, 0.05) is 37.2 Å². The number of alkyl halides is 3. The summed E-state index contributed by atoms with van der Waals surface area (Å²) >= 11 is 0. The number of halogens is 3. The summed E-state index contributed by atoms with van der Waals surface area (Å²) in [6, 6.07) is 4.67. The second kappa shape index (κ2) is 10.1. The molecule has 0 spiro atoms. The first-order chi connectivity index (χ1) is 15.2. The molecule has 2 aromatic rings. The molecular weight excluding hydrogens is 425 g/mol. The van der Waals surface area contributed by atoms with Crippen molar-refractivity contribution in [2.45, 2.75) is 45.3 Å². The first-order valence-electron chi connectivity index (χ1n) is 10.5. The van der Waals surface area contributed by atoms with Crippen molar-refractivity contribution in [3.05, 3.63) is 57.5 Å². The lowest BCUT2D eigenvalue weighted by molar-refractivity contribution is -0.142. The second-order valence-corrected chi connectivity index (χ2v) is 7.77. The second-order valence-electron chi connectivity index (χ2n) is 7.77. The number of Topliss-reactive ketones (excluding diaryl/α,β-unsaturated/α-hetero) is 1. The predicted octanol–water partition coefficient (Wildman–Crippen LogP) is 3.63. The summed E-state index contributed by atoms with van der Waals surface area (Å²) in [6.07, 6.45) is -1.10. The van der Waals surface area contributed by atoms with Gasteiger partial charge in [0.05, 0.1) is 18.6 Å². The van der Waals surface area contributed by atoms with Gasteiger partial charge in [-0.25, -0.2) is 0 Å². The number of aromatic amines is 1. The monoisotopic (exact) mass is 450 g/mol. The summed E-state index contributed by atoms with van der Waals surface area (Å²) in [5, 5.41) is 3.01. The number of aromatic nitrogens is 1. The first kappa shape index (κ1) is 23.7. The van der Waals surface area contributed by atoms with Crippen LogP contribution in [0.1, 0.15) is 42.9 Å². The molecule has 0 unspecified atom stereocenters. The molecule has 0 amide bonds. The quantitative estimate of drug-likeness (QED) is 0.426. The number of esters is 1. The number of H-pyrrole nitrogens is 1. The van der Waals surface area contributed by atoms with Crippen LogP contribution in [0.2, 0.25) is 0 Å². The fourth-order valence-electron chi connectivity index (χ4n) is 3.43. The molecule has 32 heavy (non-hydrogen) atoms. The molecule has 9 heteroatoms. The highest BCUT2D eigenvalue weighted by Gasteiger charge is 2.31. The van der Waals surface area contributed by atoms with E-state index in [4.69, 9.17) is 4.74 Å². The van der Waals surface area contributed by atoms with E-state index in [2.05, 4.69) is 10.3 Å². The van der Waals surface area contributed by atoms with E-state index in [1.807, 2.05) is 0 Å². The smallest absolute Gasteiger partial charge is 0.416 e. The summed E-state index contributed by atoms with van der Waals surface area (Å²) in [7, 11) is 0. The first-order valence-corrected chi connectivity index (χ1v) is 10.5. The van der Waals surface area contributed by atoms with Crippen LogP contribution in [0.5, 0.6) is 0 Å². The van der Waals surface area contributed by atoms with Gasteiger partial charge in [-0.05, 0) is 54.7 Å². The fourth-order valence-corrected chi connectivity index (χ4v) is 3.43. The van der Waals surface area contributed by atoms with Gasteiger partial charge in [-0.1, -0.05) is 6.07 Å². The van der Waals surface area contributed by atoms with Gasteiger partial charge in [-0.3, -0.25) is 14.4 Å². The number of hydrogen-bond acceptors (Lipinski definition) is 5. The molecule has 3 rings (SSSR count). The average Bonchev–Trinajstić information content (AvgIpc) is 3.57. The number of pyridine rings is 1. The Kier molecular flexibility index (Phi) is 7.50. The molecule has 0 radical (unpaired) electrons. The SMILES string of the molecule is CCOC(=O)Cc1c[nH]c(=O)c(-c2ccc(C(F)(F)F)cc2CNCCC(=O)C2CC2)c1. The van der Waals surface area contributed by atoms with Gasteiger partial charge in [0.1, 0.15) is 5.78 Å². The van der Waals surface area contributed by atoms with Crippen molar-refractivity contribution in [2.24, 2.45) is 5.92 Å². The van der Waals surface area contributed by atoms with Gasteiger partial charge < -0.3 is 15.0 Å². The lowest BCUT2D eigenvalue weighted by atomic mass is 9.96. The standard InChI is InChI=1S/C23H25F3N2O4/c1-2-32-21(30)10-14-9-19(22(31)28-12-14)18-6-5-17(23(24,25)26)11-16(18)13-27-8-7-20(29)15-3-4-15/h5-6,9,11-12,15,27H,2-4,7-8,10,13H2,1H3,(H,28,31). The van der Waals surface area contributed by atoms with Crippen molar-refractivity contribution in [3.8, 4) is 11.1 Å². The summed E-state index contributed by atoms with van der Waals surface area (Å²) in [6.45, 7) is 2.28. The minimum atomic E-state index is -4.53. The van der Waals surface area contributed by atoms with Gasteiger partial charge in [-0.15, -0.1) is 0 Å². The summed E-state index contributed by atoms with van der Waals surface area (Å²) in [4.78, 5) is 38.6. The Morgan fingerprint density at radius 2 is 1.94 bits per heavy atom. The van der Waals surface area contributed by atoms with Crippen molar-refractivity contribution in [2.75, 3.05) is 13.2 Å². The number of carbonyl (C=O) groups is 2. The largest absolute Gasteiger partial charge is 0.466 e. The van der Waals surface area contributed by atoms with Crippen LogP contribution in [0, 0.1) is 5.92 Å². The van der Waals surface area contributed by atoms with Crippen molar-refractivity contribution >= 4 is 11.8 Å². The number of hydrogen-bond donors (Lipinski definition) is 2. The molecule has 1 aliphatic rings. The highest BCUT2D eigenvalue weighted by molar-refractivity contribution is 5.83. The molecule has 0 bridgehead atoms. The number of ether oxygens (including phenoxy) is 1. The Morgan fingerprint density at radius 1 is 1.19 bits per heavy atom.